The van der Waals surface area contributed by atoms with Gasteiger partial charge in [-0.05, 0) is 11.5 Å². The first-order valence-corrected chi connectivity index (χ1v) is 5.80. The Morgan fingerprint density at radius 3 is 2.06 bits per heavy atom. The van der Waals surface area contributed by atoms with Crippen LogP contribution in [0, 0.1) is 0 Å². The minimum atomic E-state index is 0. The van der Waals surface area contributed by atoms with E-state index >= 15 is 0 Å². The molecule has 0 radical (unpaired) electrons. The lowest BCUT2D eigenvalue weighted by atomic mass is 10.1. The van der Waals surface area contributed by atoms with Gasteiger partial charge in [0.25, 0.3) is 0 Å². The van der Waals surface area contributed by atoms with E-state index in [9.17, 15) is 4.79 Å². The zero-order valence-electron chi connectivity index (χ0n) is 9.98. The first kappa shape index (κ1) is 17.7. The Bertz CT molecular complexity index is 133. The number of hydrogen-bond acceptors (Lipinski definition) is 4. The summed E-state index contributed by atoms with van der Waals surface area (Å²) in [4.78, 5) is 18.1. The van der Waals surface area contributed by atoms with Crippen LogP contribution < -0.4 is 0 Å². The van der Waals surface area contributed by atoms with Crippen LogP contribution in [-0.4, -0.2) is 13.1 Å². The standard InChI is InChI=1S/C11H22O4.FH/c1-2-3-4-5-6-7-8-9-10-13-15-14-11-12;/h11H,2-10H2,1H3;1H. The third-order valence-electron chi connectivity index (χ3n) is 2.21. The van der Waals surface area contributed by atoms with E-state index in [1.807, 2.05) is 0 Å². The molecule has 0 aliphatic carbocycles. The lowest BCUT2D eigenvalue weighted by Gasteiger charge is -2.01. The first-order chi connectivity index (χ1) is 7.41. The summed E-state index contributed by atoms with van der Waals surface area (Å²) < 4.78 is 0. The van der Waals surface area contributed by atoms with Crippen LogP contribution >= 0.6 is 0 Å². The topological polar surface area (TPSA) is 44.8 Å². The summed E-state index contributed by atoms with van der Waals surface area (Å²) in [6.45, 7) is 2.88. The lowest BCUT2D eigenvalue weighted by molar-refractivity contribution is -0.481. The number of unbranched alkanes of at least 4 members (excludes halogenated alkanes) is 7. The van der Waals surface area contributed by atoms with E-state index in [4.69, 9.17) is 0 Å². The van der Waals surface area contributed by atoms with Gasteiger partial charge in [0.1, 0.15) is 0 Å². The van der Waals surface area contributed by atoms with Gasteiger partial charge in [-0.2, -0.15) is 4.89 Å². The Kier molecular flexibility index (Phi) is 18.5. The average molecular weight is 238 g/mol. The van der Waals surface area contributed by atoms with E-state index in [0.29, 0.717) is 6.61 Å². The fraction of sp³-hybridized carbons (Fsp3) is 0.909. The molecule has 0 fully saturated rings. The van der Waals surface area contributed by atoms with Gasteiger partial charge in [0.15, 0.2) is 0 Å². The van der Waals surface area contributed by atoms with Crippen molar-refractivity contribution in [3.63, 3.8) is 0 Å². The summed E-state index contributed by atoms with van der Waals surface area (Å²) in [5.74, 6) is 0. The summed E-state index contributed by atoms with van der Waals surface area (Å²) in [5, 5.41) is 4.07. The molecular formula is C11H23FO4. The van der Waals surface area contributed by atoms with Crippen molar-refractivity contribution in [1.82, 2.24) is 0 Å². The van der Waals surface area contributed by atoms with Crippen molar-refractivity contribution in [3.8, 4) is 0 Å². The summed E-state index contributed by atoms with van der Waals surface area (Å²) in [7, 11) is 0. The second-order valence-corrected chi connectivity index (χ2v) is 3.56. The van der Waals surface area contributed by atoms with Crippen molar-refractivity contribution in [3.05, 3.63) is 0 Å². The highest BCUT2D eigenvalue weighted by atomic mass is 19.0. The van der Waals surface area contributed by atoms with Crippen molar-refractivity contribution in [1.29, 1.82) is 0 Å². The van der Waals surface area contributed by atoms with Gasteiger partial charge in [0, 0.05) is 0 Å². The van der Waals surface area contributed by atoms with Crippen molar-refractivity contribution >= 4 is 6.47 Å². The molecule has 0 aromatic carbocycles. The van der Waals surface area contributed by atoms with Crippen LogP contribution in [0.5, 0.6) is 0 Å². The summed E-state index contributed by atoms with van der Waals surface area (Å²) >= 11 is 0. The zero-order chi connectivity index (χ0) is 11.2. The Balaban J connectivity index is 0. The fourth-order valence-electron chi connectivity index (χ4n) is 1.37. The second kappa shape index (κ2) is 16.7. The van der Waals surface area contributed by atoms with E-state index in [1.165, 1.54) is 38.5 Å². The molecule has 0 aliphatic rings. The molecule has 16 heavy (non-hydrogen) atoms. The van der Waals surface area contributed by atoms with E-state index in [-0.39, 0.29) is 11.2 Å². The highest BCUT2D eigenvalue weighted by Gasteiger charge is 1.92. The lowest BCUT2D eigenvalue weighted by Crippen LogP contribution is -1.97. The average Bonchev–Trinajstić information content (AvgIpc) is 2.26. The van der Waals surface area contributed by atoms with Gasteiger partial charge in [-0.1, -0.05) is 51.9 Å². The van der Waals surface area contributed by atoms with Crippen molar-refractivity contribution in [2.24, 2.45) is 0 Å². The molecule has 98 valence electrons. The van der Waals surface area contributed by atoms with Crippen LogP contribution in [0.2, 0.25) is 0 Å². The number of halogens is 1. The molecular weight excluding hydrogens is 215 g/mol. The monoisotopic (exact) mass is 238 g/mol. The number of hydrogen-bond donors (Lipinski definition) is 0. The highest BCUT2D eigenvalue weighted by Crippen LogP contribution is 2.08. The number of carbonyl (C=O) groups excluding carboxylic acids is 1. The van der Waals surface area contributed by atoms with Crippen LogP contribution in [0.15, 0.2) is 0 Å². The largest absolute Gasteiger partial charge is 0.334 e. The number of rotatable bonds is 12. The third-order valence-corrected chi connectivity index (χ3v) is 2.21. The predicted molar refractivity (Wildman–Crippen MR) is 59.3 cm³/mol. The van der Waals surface area contributed by atoms with Gasteiger partial charge >= 0.3 is 6.47 Å². The molecule has 0 aliphatic heterocycles. The van der Waals surface area contributed by atoms with E-state index in [1.54, 1.807) is 0 Å². The summed E-state index contributed by atoms with van der Waals surface area (Å²) in [5.41, 5.74) is 0. The second-order valence-electron chi connectivity index (χ2n) is 3.56. The van der Waals surface area contributed by atoms with Crippen molar-refractivity contribution in [2.45, 2.75) is 58.3 Å². The summed E-state index contributed by atoms with van der Waals surface area (Å²) in [6.07, 6.45) is 9.94. The van der Waals surface area contributed by atoms with Gasteiger partial charge in [-0.25, -0.2) is 0 Å². The quantitative estimate of drug-likeness (QED) is 0.226. The highest BCUT2D eigenvalue weighted by molar-refractivity contribution is 5.35. The van der Waals surface area contributed by atoms with Crippen LogP contribution in [-0.2, 0) is 19.6 Å². The zero-order valence-corrected chi connectivity index (χ0v) is 9.98. The van der Waals surface area contributed by atoms with Gasteiger partial charge in [-0.15, -0.1) is 0 Å². The van der Waals surface area contributed by atoms with E-state index in [2.05, 4.69) is 21.7 Å². The van der Waals surface area contributed by atoms with Crippen LogP contribution in [0.1, 0.15) is 58.3 Å². The molecule has 5 heteroatoms. The molecule has 0 N–H and O–H groups in total. The smallest absolute Gasteiger partial charge is 0.272 e. The normalized spacial score (nSPS) is 9.56. The molecule has 0 heterocycles. The predicted octanol–water partition coefficient (Wildman–Crippen LogP) is 3.32. The Morgan fingerprint density at radius 1 is 0.938 bits per heavy atom. The molecule has 0 unspecified atom stereocenters. The van der Waals surface area contributed by atoms with Crippen LogP contribution in [0.4, 0.5) is 4.70 Å². The molecule has 0 bridgehead atoms. The molecule has 0 amide bonds. The van der Waals surface area contributed by atoms with E-state index in [0.717, 1.165) is 12.8 Å². The maximum Gasteiger partial charge on any atom is 0.334 e. The van der Waals surface area contributed by atoms with E-state index < -0.39 is 0 Å². The molecule has 4 nitrogen and oxygen atoms in total. The molecule has 0 spiro atoms. The maximum absolute atomic E-state index is 9.64. The van der Waals surface area contributed by atoms with Gasteiger partial charge < -0.3 is 0 Å². The molecule has 0 saturated carbocycles. The molecule has 0 saturated heterocycles. The Morgan fingerprint density at radius 2 is 1.50 bits per heavy atom. The minimum absolute atomic E-state index is 0. The van der Waals surface area contributed by atoms with Gasteiger partial charge in [0.2, 0.25) is 0 Å². The molecule has 0 aromatic heterocycles. The first-order valence-electron chi connectivity index (χ1n) is 5.80. The van der Waals surface area contributed by atoms with Crippen molar-refractivity contribution in [2.75, 3.05) is 6.61 Å². The molecule has 0 aromatic rings. The maximum atomic E-state index is 9.64. The summed E-state index contributed by atoms with van der Waals surface area (Å²) in [6, 6.07) is 0. The van der Waals surface area contributed by atoms with Crippen LogP contribution in [0.3, 0.4) is 0 Å². The SMILES string of the molecule is CCCCCCCCCCOOOC=O.F. The van der Waals surface area contributed by atoms with Crippen molar-refractivity contribution < 1.29 is 24.3 Å². The molecule has 0 rings (SSSR count). The third kappa shape index (κ3) is 15.8. The van der Waals surface area contributed by atoms with Gasteiger partial charge in [-0.3, -0.25) is 14.4 Å². The van der Waals surface area contributed by atoms with Gasteiger partial charge in [0.05, 0.1) is 6.61 Å². The Labute approximate surface area is 96.5 Å². The van der Waals surface area contributed by atoms with Crippen LogP contribution in [0.25, 0.3) is 0 Å². The minimum Gasteiger partial charge on any atom is -0.272 e. The fourth-order valence-corrected chi connectivity index (χ4v) is 1.37. The molecule has 0 atom stereocenters. The number of carbonyl (C=O) groups is 1. The Hall–Kier alpha value is -0.680.